The third-order valence-corrected chi connectivity index (χ3v) is 30.4. The lowest BCUT2D eigenvalue weighted by molar-refractivity contribution is -0.123. The van der Waals surface area contributed by atoms with E-state index in [1.165, 1.54) is 360 Å². The van der Waals surface area contributed by atoms with Crippen molar-refractivity contribution in [1.82, 2.24) is 41.2 Å². The van der Waals surface area contributed by atoms with E-state index in [4.69, 9.17) is 9.97 Å². The molecule has 0 unspecified atom stereocenters. The first-order valence-electron chi connectivity index (χ1n) is 58.5. The summed E-state index contributed by atoms with van der Waals surface area (Å²) < 4.78 is 0. The van der Waals surface area contributed by atoms with E-state index in [1.54, 1.807) is 0 Å². The van der Waals surface area contributed by atoms with Crippen molar-refractivity contribution in [3.05, 3.63) is 166 Å². The van der Waals surface area contributed by atoms with E-state index in [0.29, 0.717) is 26.2 Å². The van der Waals surface area contributed by atoms with Gasteiger partial charge in [-0.3, -0.25) is 19.2 Å². The molecule has 4 aromatic carbocycles. The first kappa shape index (κ1) is 115. The third kappa shape index (κ3) is 42.7. The predicted molar refractivity (Wildman–Crippen MR) is 604 cm³/mol. The van der Waals surface area contributed by atoms with Crippen molar-refractivity contribution in [3.8, 4) is 44.5 Å². The normalized spacial score (nSPS) is 12.7. The Kier molecular flexibility index (Phi) is 58.2. The lowest BCUT2D eigenvalue weighted by atomic mass is 9.96. The number of carbonyl (C=O) groups excluding carboxylic acids is 4. The summed E-state index contributed by atoms with van der Waals surface area (Å²) in [6.07, 6.45) is 92.6. The van der Waals surface area contributed by atoms with Crippen LogP contribution in [-0.2, 0) is 19.2 Å². The summed E-state index contributed by atoms with van der Waals surface area (Å²) in [5, 5.41) is 13.2. The number of rotatable bonds is 80. The van der Waals surface area contributed by atoms with Crippen molar-refractivity contribution in [1.29, 1.82) is 0 Å². The summed E-state index contributed by atoms with van der Waals surface area (Å²) in [4.78, 5) is 75.6. The van der Waals surface area contributed by atoms with Crippen molar-refractivity contribution in [2.75, 3.05) is 26.2 Å². The number of nitrogens with one attached hydrogen (secondary N) is 6. The fourth-order valence-electron chi connectivity index (χ4n) is 20.9. The minimum Gasteiger partial charge on any atom is -0.356 e. The van der Waals surface area contributed by atoms with Gasteiger partial charge < -0.3 is 31.2 Å². The van der Waals surface area contributed by atoms with Crippen LogP contribution in [0, 0.1) is 0 Å². The number of H-pyrrole nitrogens is 2. The number of hydrogen-bond acceptors (Lipinski definition) is 6. The van der Waals surface area contributed by atoms with Crippen LogP contribution in [0.25, 0.3) is 90.9 Å². The minimum atomic E-state index is -0.355. The highest BCUT2D eigenvalue weighted by atomic mass is 16.2. The topological polar surface area (TPSA) is 174 Å². The van der Waals surface area contributed by atoms with Gasteiger partial charge in [-0.2, -0.15) is 0 Å². The summed E-state index contributed by atoms with van der Waals surface area (Å²) in [6.45, 7) is 19.9. The van der Waals surface area contributed by atoms with Gasteiger partial charge in [-0.1, -0.05) is 510 Å². The van der Waals surface area contributed by atoms with Crippen LogP contribution < -0.4 is 21.3 Å². The maximum atomic E-state index is 14.0. The molecule has 2 aliphatic rings. The molecule has 6 N–H and O–H groups in total. The standard InChI is InChI=1S/C128H194N8O4/c1-9-13-17-21-25-29-33-37-41-45-49-53-57-61-65-69-97-129-125(137)101(5)105-73-81-109(82-74-105)121-113-89-91-115(133-113)122(110-83-75-106(76-84-110)102(6)126(138)130-98-70-66-62-58-54-50-46-42-38-34-30-26-22-18-14-10-2)117-93-95-119(135-117)124(112-87-79-108(80-88-112)104(8)128(140)132-100-72-68-64-60-56-52-48-44-40-36-32-28-24-20-16-12-4)120-96-94-118(136-120)123(116-92-90-114(121)134-116)111-85-77-107(78-86-111)103(7)127(139)131-99-71-67-63-59-55-51-47-43-39-35-31-27-23-19-15-11-3/h73-96,101-104,133,136H,9-72,97-100H2,1-8H3,(H,129,137)(H,130,138)(H,131,139)(H,132,140)/t101-,102-,103-,104-/m1/s1. The Morgan fingerprint density at radius 2 is 0.336 bits per heavy atom. The van der Waals surface area contributed by atoms with Gasteiger partial charge in [-0.25, -0.2) is 9.97 Å². The lowest BCUT2D eigenvalue weighted by Crippen LogP contribution is -2.28. The van der Waals surface area contributed by atoms with Crippen molar-refractivity contribution in [2.24, 2.45) is 0 Å². The fraction of sp³-hybridized carbons (Fsp3) is 0.625. The van der Waals surface area contributed by atoms with Crippen molar-refractivity contribution in [2.45, 2.75) is 490 Å². The number of unbranched alkanes of at least 4 members (excludes halogenated alkanes) is 60. The molecule has 12 nitrogen and oxygen atoms in total. The molecular formula is C128H194N8O4. The summed E-state index contributed by atoms with van der Waals surface area (Å²) in [6, 6.07) is 42.6. The average Bonchev–Trinajstić information content (AvgIpc) is 1.61. The molecule has 12 heteroatoms. The van der Waals surface area contributed by atoms with E-state index in [9.17, 15) is 19.2 Å². The van der Waals surface area contributed by atoms with E-state index in [2.05, 4.69) is 205 Å². The van der Waals surface area contributed by atoms with Crippen LogP contribution in [0.2, 0.25) is 0 Å². The number of aromatic nitrogens is 4. The summed E-state index contributed by atoms with van der Waals surface area (Å²) in [5.41, 5.74) is 17.6. The molecule has 0 saturated heterocycles. The Hall–Kier alpha value is -8.64. The number of hydrogen-bond donors (Lipinski definition) is 6. The fourth-order valence-corrected chi connectivity index (χ4v) is 20.9. The Morgan fingerprint density at radius 3 is 0.479 bits per heavy atom. The van der Waals surface area contributed by atoms with E-state index in [-0.39, 0.29) is 47.3 Å². The lowest BCUT2D eigenvalue weighted by Gasteiger charge is -2.14. The van der Waals surface area contributed by atoms with Gasteiger partial charge in [-0.05, 0) is 146 Å². The zero-order valence-electron chi connectivity index (χ0n) is 89.8. The number of benzene rings is 4. The van der Waals surface area contributed by atoms with Crippen LogP contribution in [0.4, 0.5) is 0 Å². The highest BCUT2D eigenvalue weighted by Gasteiger charge is 2.25. The van der Waals surface area contributed by atoms with Gasteiger partial charge in [0.1, 0.15) is 0 Å². The molecule has 3 aromatic heterocycles. The second kappa shape index (κ2) is 70.9. The van der Waals surface area contributed by atoms with Crippen molar-refractivity contribution < 1.29 is 19.2 Å². The molecule has 7 aromatic rings. The average molecular weight is 1910 g/mol. The van der Waals surface area contributed by atoms with E-state index in [0.717, 1.165) is 163 Å². The number of amides is 4. The SMILES string of the molecule is CCCCCCCCCCCCCCCCCCNC(=O)[C@H](C)c1ccc(-c2c3nc(c(-c4ccc([C@@H](C)C(=O)NCCCCCCCCCCCCCCCCCC)cc4)c4ccc([nH]4)c(-c4ccc([C@@H](C)C(=O)NCCCCCCCCCCCCCCCCCC)cc4)c4nc(c(-c5ccc([C@@H](C)C(=O)NCCCCCCCCCCCCCCCCCC)cc5)c5ccc2[nH]5)C=C4)C=C3)cc1. The Bertz CT molecular complexity index is 4190. The Morgan fingerprint density at radius 1 is 0.200 bits per heavy atom. The van der Waals surface area contributed by atoms with E-state index in [1.807, 2.05) is 27.7 Å². The number of fused-ring (bicyclic) bond motifs is 8. The molecule has 0 spiro atoms. The number of aromatic amines is 2. The van der Waals surface area contributed by atoms with Crippen molar-refractivity contribution >= 4 is 70.0 Å². The molecule has 0 radical (unpaired) electrons. The highest BCUT2D eigenvalue weighted by molar-refractivity contribution is 6.00. The Balaban J connectivity index is 0.967. The third-order valence-electron chi connectivity index (χ3n) is 30.4. The predicted octanol–water partition coefficient (Wildman–Crippen LogP) is 37.2. The first-order valence-corrected chi connectivity index (χ1v) is 58.5. The van der Waals surface area contributed by atoms with Gasteiger partial charge in [0.25, 0.3) is 0 Å². The zero-order valence-corrected chi connectivity index (χ0v) is 89.8. The molecular weight excluding hydrogens is 1710 g/mol. The summed E-state index contributed by atoms with van der Waals surface area (Å²) in [7, 11) is 0. The van der Waals surface area contributed by atoms with Gasteiger partial charge >= 0.3 is 0 Å². The monoisotopic (exact) mass is 1910 g/mol. The minimum absolute atomic E-state index is 0.0392. The van der Waals surface area contributed by atoms with E-state index >= 15 is 0 Å². The second-order valence-electron chi connectivity index (χ2n) is 42.3. The molecule has 0 saturated carbocycles. The number of carbonyl (C=O) groups is 4. The molecule has 140 heavy (non-hydrogen) atoms. The highest BCUT2D eigenvalue weighted by Crippen LogP contribution is 2.41. The molecule has 8 bridgehead atoms. The summed E-state index contributed by atoms with van der Waals surface area (Å²) in [5.74, 6) is -1.26. The zero-order chi connectivity index (χ0) is 98.9. The summed E-state index contributed by atoms with van der Waals surface area (Å²) >= 11 is 0. The second-order valence-corrected chi connectivity index (χ2v) is 42.3. The molecule has 4 atom stereocenters. The largest absolute Gasteiger partial charge is 0.356 e. The molecule has 2 aliphatic heterocycles. The van der Waals surface area contributed by atoms with Gasteiger partial charge in [0.15, 0.2) is 0 Å². The molecule has 5 heterocycles. The van der Waals surface area contributed by atoms with Crippen LogP contribution in [0.15, 0.2) is 121 Å². The van der Waals surface area contributed by atoms with Crippen molar-refractivity contribution in [3.63, 3.8) is 0 Å². The van der Waals surface area contributed by atoms with Gasteiger partial charge in [-0.15, -0.1) is 0 Å². The molecule has 0 aliphatic carbocycles. The van der Waals surface area contributed by atoms with Crippen LogP contribution in [0.1, 0.15) is 535 Å². The van der Waals surface area contributed by atoms with Gasteiger partial charge in [0.05, 0.1) is 46.4 Å². The van der Waals surface area contributed by atoms with Gasteiger partial charge in [0, 0.05) is 70.5 Å². The van der Waals surface area contributed by atoms with E-state index < -0.39 is 0 Å². The maximum absolute atomic E-state index is 14.0. The molecule has 0 fully saturated rings. The van der Waals surface area contributed by atoms with Crippen LogP contribution >= 0.6 is 0 Å². The smallest absolute Gasteiger partial charge is 0.227 e. The molecule has 4 amide bonds. The van der Waals surface area contributed by atoms with Crippen LogP contribution in [-0.4, -0.2) is 69.7 Å². The molecule has 9 rings (SSSR count). The Labute approximate surface area is 852 Å². The van der Waals surface area contributed by atoms with Crippen LogP contribution in [0.3, 0.4) is 0 Å². The maximum Gasteiger partial charge on any atom is 0.227 e. The first-order chi connectivity index (χ1) is 68.8. The number of nitrogens with zero attached hydrogens (tertiary/aromatic N) is 2. The van der Waals surface area contributed by atoms with Gasteiger partial charge in [0.2, 0.25) is 23.6 Å². The van der Waals surface area contributed by atoms with Crippen LogP contribution in [0.5, 0.6) is 0 Å². The quantitative estimate of drug-likeness (QED) is 0.0207. The molecule has 770 valence electrons.